The molecular weight excluding hydrogens is 436 g/mol. The Hall–Kier alpha value is -1.70. The van der Waals surface area contributed by atoms with Crippen molar-refractivity contribution in [2.24, 2.45) is 11.8 Å². The highest BCUT2D eigenvalue weighted by atomic mass is 14.9. The highest BCUT2D eigenvalue weighted by Gasteiger charge is 2.20. The summed E-state index contributed by atoms with van der Waals surface area (Å²) in [5.41, 5.74) is 3.86. The zero-order valence-corrected chi connectivity index (χ0v) is 23.7. The maximum absolute atomic E-state index is 4.66. The number of aromatic nitrogens is 2. The van der Waals surface area contributed by atoms with Crippen molar-refractivity contribution in [3.05, 3.63) is 47.8 Å². The van der Waals surface area contributed by atoms with E-state index < -0.39 is 0 Å². The summed E-state index contributed by atoms with van der Waals surface area (Å²) >= 11 is 0. The van der Waals surface area contributed by atoms with Gasteiger partial charge in [0.25, 0.3) is 0 Å². The number of hydrogen-bond acceptors (Lipinski definition) is 2. The first-order valence-electron chi connectivity index (χ1n) is 15.7. The predicted molar refractivity (Wildman–Crippen MR) is 156 cm³/mol. The molecule has 0 saturated heterocycles. The number of hydrogen-bond donors (Lipinski definition) is 0. The number of rotatable bonds is 18. The summed E-state index contributed by atoms with van der Waals surface area (Å²) in [6.45, 7) is 4.59. The highest BCUT2D eigenvalue weighted by Crippen LogP contribution is 2.34. The second kappa shape index (κ2) is 17.7. The van der Waals surface area contributed by atoms with E-state index in [-0.39, 0.29) is 0 Å². The SMILES string of the molecule is CCCCCCCCCc1cnc(-c2ccc(CCCC[C@H]3CC[C@H](CCCCC)CC3)cc2)nc1. The van der Waals surface area contributed by atoms with Gasteiger partial charge in [0.2, 0.25) is 0 Å². The van der Waals surface area contributed by atoms with Gasteiger partial charge in [0.05, 0.1) is 0 Å². The van der Waals surface area contributed by atoms with Gasteiger partial charge in [-0.25, -0.2) is 9.97 Å². The molecule has 1 aliphatic carbocycles. The van der Waals surface area contributed by atoms with Crippen LogP contribution in [0.15, 0.2) is 36.7 Å². The lowest BCUT2D eigenvalue weighted by molar-refractivity contribution is 0.245. The molecule has 1 aliphatic rings. The molecule has 0 bridgehead atoms. The molecule has 200 valence electrons. The van der Waals surface area contributed by atoms with E-state index in [4.69, 9.17) is 0 Å². The lowest BCUT2D eigenvalue weighted by Gasteiger charge is -2.28. The molecule has 1 aromatic carbocycles. The Morgan fingerprint density at radius 1 is 0.556 bits per heavy atom. The fourth-order valence-electron chi connectivity index (χ4n) is 5.99. The van der Waals surface area contributed by atoms with E-state index >= 15 is 0 Å². The van der Waals surface area contributed by atoms with E-state index in [0.29, 0.717) is 0 Å². The van der Waals surface area contributed by atoms with Crippen LogP contribution in [0.5, 0.6) is 0 Å². The van der Waals surface area contributed by atoms with Crippen molar-refractivity contribution in [3.63, 3.8) is 0 Å². The van der Waals surface area contributed by atoms with Crippen molar-refractivity contribution >= 4 is 0 Å². The van der Waals surface area contributed by atoms with Crippen LogP contribution in [0.2, 0.25) is 0 Å². The summed E-state index contributed by atoms with van der Waals surface area (Å²) in [6, 6.07) is 8.99. The van der Waals surface area contributed by atoms with Gasteiger partial charge in [-0.05, 0) is 48.6 Å². The summed E-state index contributed by atoms with van der Waals surface area (Å²) in [6.07, 6.45) is 31.7. The summed E-state index contributed by atoms with van der Waals surface area (Å²) in [5, 5.41) is 0. The normalized spacial score (nSPS) is 17.9. The molecule has 0 atom stereocenters. The molecule has 1 fully saturated rings. The lowest BCUT2D eigenvalue weighted by Crippen LogP contribution is -2.14. The van der Waals surface area contributed by atoms with Crippen molar-refractivity contribution in [1.82, 2.24) is 9.97 Å². The van der Waals surface area contributed by atoms with Crippen LogP contribution in [0.25, 0.3) is 11.4 Å². The zero-order chi connectivity index (χ0) is 25.3. The summed E-state index contributed by atoms with van der Waals surface area (Å²) in [4.78, 5) is 9.32. The van der Waals surface area contributed by atoms with Gasteiger partial charge in [0, 0.05) is 18.0 Å². The van der Waals surface area contributed by atoms with Crippen molar-refractivity contribution in [3.8, 4) is 11.4 Å². The largest absolute Gasteiger partial charge is 0.236 e. The molecule has 0 radical (unpaired) electrons. The first-order valence-corrected chi connectivity index (χ1v) is 15.7. The molecule has 2 nitrogen and oxygen atoms in total. The monoisotopic (exact) mass is 490 g/mol. The Bertz CT molecular complexity index is 787. The van der Waals surface area contributed by atoms with E-state index in [1.165, 1.54) is 133 Å². The molecule has 0 amide bonds. The van der Waals surface area contributed by atoms with Crippen molar-refractivity contribution in [2.45, 2.75) is 142 Å². The van der Waals surface area contributed by atoms with Crippen molar-refractivity contribution in [2.75, 3.05) is 0 Å². The molecule has 0 spiro atoms. The van der Waals surface area contributed by atoms with Gasteiger partial charge >= 0.3 is 0 Å². The molecule has 2 heteroatoms. The number of benzene rings is 1. The van der Waals surface area contributed by atoms with Crippen LogP contribution >= 0.6 is 0 Å². The van der Waals surface area contributed by atoms with E-state index in [0.717, 1.165) is 29.6 Å². The Balaban J connectivity index is 1.28. The van der Waals surface area contributed by atoms with Gasteiger partial charge in [-0.15, -0.1) is 0 Å². The van der Waals surface area contributed by atoms with Gasteiger partial charge in [0.15, 0.2) is 5.82 Å². The Morgan fingerprint density at radius 3 is 1.64 bits per heavy atom. The minimum Gasteiger partial charge on any atom is -0.236 e. The van der Waals surface area contributed by atoms with Crippen LogP contribution in [-0.2, 0) is 12.8 Å². The average molecular weight is 491 g/mol. The average Bonchev–Trinajstić information content (AvgIpc) is 2.92. The molecule has 0 N–H and O–H groups in total. The van der Waals surface area contributed by atoms with Crippen molar-refractivity contribution < 1.29 is 0 Å². The van der Waals surface area contributed by atoms with Crippen LogP contribution in [-0.4, -0.2) is 9.97 Å². The standard InChI is InChI=1S/C34H54N2/c1-3-5-7-8-9-10-12-18-32-27-35-34(36-28-32)33-25-23-31(24-26-33)17-14-13-16-30-21-19-29(20-22-30)15-11-6-4-2/h23-30H,3-22H2,1-2H3/t29-,30-. The predicted octanol–water partition coefficient (Wildman–Crippen LogP) is 10.5. The maximum atomic E-state index is 4.66. The topological polar surface area (TPSA) is 25.8 Å². The fourth-order valence-corrected chi connectivity index (χ4v) is 5.99. The van der Waals surface area contributed by atoms with Gasteiger partial charge in [0.1, 0.15) is 0 Å². The smallest absolute Gasteiger partial charge is 0.159 e. The second-order valence-electron chi connectivity index (χ2n) is 11.6. The Labute approximate surface area is 223 Å². The van der Waals surface area contributed by atoms with Gasteiger partial charge in [-0.3, -0.25) is 0 Å². The maximum Gasteiger partial charge on any atom is 0.159 e. The third kappa shape index (κ3) is 11.1. The van der Waals surface area contributed by atoms with Crippen molar-refractivity contribution in [1.29, 1.82) is 0 Å². The zero-order valence-electron chi connectivity index (χ0n) is 23.7. The van der Waals surface area contributed by atoms with Crippen LogP contribution in [0.1, 0.15) is 141 Å². The third-order valence-corrected chi connectivity index (χ3v) is 8.50. The van der Waals surface area contributed by atoms with Crippen LogP contribution in [0, 0.1) is 11.8 Å². The first kappa shape index (κ1) is 28.9. The first-order chi connectivity index (χ1) is 17.8. The molecule has 36 heavy (non-hydrogen) atoms. The molecule has 3 rings (SSSR count). The number of nitrogens with zero attached hydrogens (tertiary/aromatic N) is 2. The molecule has 2 aromatic rings. The van der Waals surface area contributed by atoms with E-state index in [9.17, 15) is 0 Å². The summed E-state index contributed by atoms with van der Waals surface area (Å²) in [7, 11) is 0. The number of unbranched alkanes of at least 4 members (excludes halogenated alkanes) is 9. The Morgan fingerprint density at radius 2 is 1.03 bits per heavy atom. The lowest BCUT2D eigenvalue weighted by atomic mass is 9.78. The molecule has 1 saturated carbocycles. The molecular formula is C34H54N2. The summed E-state index contributed by atoms with van der Waals surface area (Å²) in [5.74, 6) is 2.90. The van der Waals surface area contributed by atoms with Gasteiger partial charge in [-0.2, -0.15) is 0 Å². The highest BCUT2D eigenvalue weighted by molar-refractivity contribution is 5.55. The minimum absolute atomic E-state index is 0.857. The van der Waals surface area contributed by atoms with Crippen LogP contribution in [0.4, 0.5) is 0 Å². The van der Waals surface area contributed by atoms with E-state index in [1.807, 2.05) is 12.4 Å². The molecule has 0 aliphatic heterocycles. The molecule has 1 aromatic heterocycles. The second-order valence-corrected chi connectivity index (χ2v) is 11.6. The summed E-state index contributed by atoms with van der Waals surface area (Å²) < 4.78 is 0. The Kier molecular flexibility index (Phi) is 14.2. The minimum atomic E-state index is 0.857. The van der Waals surface area contributed by atoms with Gasteiger partial charge < -0.3 is 0 Å². The van der Waals surface area contributed by atoms with Gasteiger partial charge in [-0.1, -0.05) is 141 Å². The van der Waals surface area contributed by atoms with Crippen LogP contribution < -0.4 is 0 Å². The third-order valence-electron chi connectivity index (χ3n) is 8.50. The van der Waals surface area contributed by atoms with Crippen LogP contribution in [0.3, 0.4) is 0 Å². The van der Waals surface area contributed by atoms with E-state index in [2.05, 4.69) is 48.1 Å². The van der Waals surface area contributed by atoms with E-state index in [1.54, 1.807) is 0 Å². The molecule has 0 unspecified atom stereocenters. The fraction of sp³-hybridized carbons (Fsp3) is 0.706. The number of aryl methyl sites for hydroxylation is 2. The molecule has 1 heterocycles. The quantitative estimate of drug-likeness (QED) is 0.194.